The minimum Gasteiger partial charge on any atom is -0.497 e. The van der Waals surface area contributed by atoms with Crippen LogP contribution in [0.2, 0.25) is 0 Å². The average molecular weight is 401 g/mol. The van der Waals surface area contributed by atoms with Gasteiger partial charge in [0.15, 0.2) is 0 Å². The summed E-state index contributed by atoms with van der Waals surface area (Å²) in [6.07, 6.45) is 0. The predicted octanol–water partition coefficient (Wildman–Crippen LogP) is 5.25. The number of ether oxygens (including phenoxy) is 1. The van der Waals surface area contributed by atoms with E-state index in [0.717, 1.165) is 22.6 Å². The van der Waals surface area contributed by atoms with Gasteiger partial charge in [-0.3, -0.25) is 4.79 Å². The van der Waals surface area contributed by atoms with Gasteiger partial charge in [0.1, 0.15) is 17.4 Å². The second-order valence-electron chi connectivity index (χ2n) is 6.85. The summed E-state index contributed by atoms with van der Waals surface area (Å²) in [5, 5.41) is 7.58. The lowest BCUT2D eigenvalue weighted by atomic mass is 10.1. The highest BCUT2D eigenvalue weighted by Crippen LogP contribution is 2.27. The van der Waals surface area contributed by atoms with Crippen LogP contribution in [0.25, 0.3) is 16.9 Å². The van der Waals surface area contributed by atoms with Crippen LogP contribution in [0, 0.1) is 12.7 Å². The van der Waals surface area contributed by atoms with Crippen molar-refractivity contribution in [1.82, 2.24) is 9.78 Å². The number of aryl methyl sites for hydroxylation is 1. The number of rotatable bonds is 5. The Morgan fingerprint density at radius 1 is 0.967 bits per heavy atom. The van der Waals surface area contributed by atoms with E-state index in [0.29, 0.717) is 17.1 Å². The monoisotopic (exact) mass is 401 g/mol. The molecule has 0 radical (unpaired) electrons. The number of halogens is 1. The van der Waals surface area contributed by atoms with Gasteiger partial charge in [0.05, 0.1) is 18.5 Å². The first-order valence-electron chi connectivity index (χ1n) is 9.42. The Balaban J connectivity index is 1.72. The lowest BCUT2D eigenvalue weighted by Crippen LogP contribution is -2.15. The van der Waals surface area contributed by atoms with E-state index in [-0.39, 0.29) is 5.91 Å². The maximum Gasteiger partial charge on any atom is 0.256 e. The maximum atomic E-state index is 13.2. The highest BCUT2D eigenvalue weighted by molar-refractivity contribution is 6.04. The van der Waals surface area contributed by atoms with E-state index in [4.69, 9.17) is 9.84 Å². The zero-order chi connectivity index (χ0) is 21.1. The number of amides is 1. The fourth-order valence-corrected chi connectivity index (χ4v) is 3.05. The van der Waals surface area contributed by atoms with Crippen LogP contribution in [0.15, 0.2) is 78.9 Å². The van der Waals surface area contributed by atoms with Crippen molar-refractivity contribution in [2.24, 2.45) is 0 Å². The van der Waals surface area contributed by atoms with Gasteiger partial charge in [-0.1, -0.05) is 17.7 Å². The van der Waals surface area contributed by atoms with Gasteiger partial charge >= 0.3 is 0 Å². The third-order valence-electron chi connectivity index (χ3n) is 4.72. The SMILES string of the molecule is COc1ccc(-c2cc(NC(=O)c3ccc(F)cc3)n(-c3ccc(C)cc3)n2)cc1. The van der Waals surface area contributed by atoms with E-state index in [1.807, 2.05) is 61.5 Å². The van der Waals surface area contributed by atoms with E-state index >= 15 is 0 Å². The Morgan fingerprint density at radius 3 is 2.27 bits per heavy atom. The zero-order valence-electron chi connectivity index (χ0n) is 16.6. The summed E-state index contributed by atoms with van der Waals surface area (Å²) in [6, 6.07) is 22.6. The second kappa shape index (κ2) is 8.21. The minimum atomic E-state index is -0.391. The molecule has 0 spiro atoms. The van der Waals surface area contributed by atoms with Crippen molar-refractivity contribution in [3.8, 4) is 22.7 Å². The highest BCUT2D eigenvalue weighted by Gasteiger charge is 2.15. The molecule has 0 aliphatic heterocycles. The Kier molecular flexibility index (Phi) is 5.30. The van der Waals surface area contributed by atoms with Gasteiger partial charge in [-0.25, -0.2) is 9.07 Å². The fourth-order valence-electron chi connectivity index (χ4n) is 3.05. The van der Waals surface area contributed by atoms with E-state index in [9.17, 15) is 9.18 Å². The number of methoxy groups -OCH3 is 1. The molecular weight excluding hydrogens is 381 g/mol. The third kappa shape index (κ3) is 4.07. The van der Waals surface area contributed by atoms with Crippen LogP contribution in [0.5, 0.6) is 5.75 Å². The number of aromatic nitrogens is 2. The van der Waals surface area contributed by atoms with Gasteiger partial charge in [-0.2, -0.15) is 5.10 Å². The van der Waals surface area contributed by atoms with Gasteiger partial charge in [-0.15, -0.1) is 0 Å². The van der Waals surface area contributed by atoms with Gasteiger partial charge in [0, 0.05) is 17.2 Å². The van der Waals surface area contributed by atoms with Gasteiger partial charge in [-0.05, 0) is 67.6 Å². The minimum absolute atomic E-state index is 0.343. The third-order valence-corrected chi connectivity index (χ3v) is 4.72. The van der Waals surface area contributed by atoms with Crippen molar-refractivity contribution >= 4 is 11.7 Å². The number of hydrogen-bond acceptors (Lipinski definition) is 3. The smallest absolute Gasteiger partial charge is 0.256 e. The number of nitrogens with one attached hydrogen (secondary N) is 1. The van der Waals surface area contributed by atoms with Crippen LogP contribution in [0.4, 0.5) is 10.2 Å². The number of carbonyl (C=O) groups is 1. The van der Waals surface area contributed by atoms with Crippen LogP contribution in [0.1, 0.15) is 15.9 Å². The van der Waals surface area contributed by atoms with Crippen molar-refractivity contribution in [2.75, 3.05) is 12.4 Å². The molecule has 5 nitrogen and oxygen atoms in total. The molecule has 0 bridgehead atoms. The molecule has 0 atom stereocenters. The topological polar surface area (TPSA) is 56.1 Å². The number of carbonyl (C=O) groups excluding carboxylic acids is 1. The number of benzene rings is 3. The summed E-state index contributed by atoms with van der Waals surface area (Å²) < 4.78 is 20.1. The average Bonchev–Trinajstić information content (AvgIpc) is 3.18. The normalized spacial score (nSPS) is 10.6. The Labute approximate surface area is 173 Å². The summed E-state index contributed by atoms with van der Waals surface area (Å²) in [4.78, 5) is 12.7. The molecule has 0 saturated carbocycles. The molecule has 1 amide bonds. The molecule has 0 fully saturated rings. The number of hydrogen-bond donors (Lipinski definition) is 1. The molecule has 150 valence electrons. The molecule has 4 rings (SSSR count). The van der Waals surface area contributed by atoms with E-state index in [1.165, 1.54) is 24.3 Å². The lowest BCUT2D eigenvalue weighted by Gasteiger charge is -2.09. The Bertz CT molecular complexity index is 1160. The summed E-state index contributed by atoms with van der Waals surface area (Å²) in [5.74, 6) is 0.531. The molecular formula is C24H20FN3O2. The van der Waals surface area contributed by atoms with E-state index < -0.39 is 5.82 Å². The summed E-state index contributed by atoms with van der Waals surface area (Å²) in [6.45, 7) is 2.01. The van der Waals surface area contributed by atoms with Crippen molar-refractivity contribution < 1.29 is 13.9 Å². The van der Waals surface area contributed by atoms with Crippen LogP contribution >= 0.6 is 0 Å². The first kappa shape index (κ1) is 19.4. The first-order valence-corrected chi connectivity index (χ1v) is 9.42. The van der Waals surface area contributed by atoms with Crippen molar-refractivity contribution in [1.29, 1.82) is 0 Å². The highest BCUT2D eigenvalue weighted by atomic mass is 19.1. The lowest BCUT2D eigenvalue weighted by molar-refractivity contribution is 0.102. The first-order chi connectivity index (χ1) is 14.5. The number of anilines is 1. The zero-order valence-corrected chi connectivity index (χ0v) is 16.6. The van der Waals surface area contributed by atoms with Crippen molar-refractivity contribution in [2.45, 2.75) is 6.92 Å². The molecule has 0 aliphatic rings. The standard InChI is InChI=1S/C24H20FN3O2/c1-16-3-11-20(12-4-16)28-23(26-24(29)18-5-9-19(25)10-6-18)15-22(27-28)17-7-13-21(30-2)14-8-17/h3-15H,1-2H3,(H,26,29). The van der Waals surface area contributed by atoms with Crippen LogP contribution in [-0.4, -0.2) is 22.8 Å². The molecule has 0 saturated heterocycles. The molecule has 0 aliphatic carbocycles. The molecule has 4 aromatic rings. The molecule has 0 unspecified atom stereocenters. The van der Waals surface area contributed by atoms with Crippen LogP contribution in [0.3, 0.4) is 0 Å². The van der Waals surface area contributed by atoms with Crippen molar-refractivity contribution in [3.05, 3.63) is 95.8 Å². The van der Waals surface area contributed by atoms with Gasteiger partial charge in [0.2, 0.25) is 0 Å². The maximum absolute atomic E-state index is 13.2. The Hall–Kier alpha value is -3.93. The fraction of sp³-hybridized carbons (Fsp3) is 0.0833. The number of nitrogens with zero attached hydrogens (tertiary/aromatic N) is 2. The molecule has 6 heteroatoms. The Morgan fingerprint density at radius 2 is 1.63 bits per heavy atom. The van der Waals surface area contributed by atoms with Crippen molar-refractivity contribution in [3.63, 3.8) is 0 Å². The summed E-state index contributed by atoms with van der Waals surface area (Å²) in [7, 11) is 1.62. The van der Waals surface area contributed by atoms with Crippen LogP contribution < -0.4 is 10.1 Å². The quantitative estimate of drug-likeness (QED) is 0.497. The van der Waals surface area contributed by atoms with E-state index in [2.05, 4.69) is 5.32 Å². The summed E-state index contributed by atoms with van der Waals surface area (Å²) >= 11 is 0. The van der Waals surface area contributed by atoms with Crippen LogP contribution in [-0.2, 0) is 0 Å². The predicted molar refractivity (Wildman–Crippen MR) is 115 cm³/mol. The molecule has 3 aromatic carbocycles. The molecule has 30 heavy (non-hydrogen) atoms. The summed E-state index contributed by atoms with van der Waals surface area (Å²) in [5.41, 5.74) is 3.89. The van der Waals surface area contributed by atoms with Gasteiger partial charge < -0.3 is 10.1 Å². The molecule has 1 aromatic heterocycles. The largest absolute Gasteiger partial charge is 0.497 e. The molecule has 1 N–H and O–H groups in total. The van der Waals surface area contributed by atoms with E-state index in [1.54, 1.807) is 11.8 Å². The molecule has 1 heterocycles. The second-order valence-corrected chi connectivity index (χ2v) is 6.85. The van der Waals surface area contributed by atoms with Gasteiger partial charge in [0.25, 0.3) is 5.91 Å².